The molecule has 8 heteroatoms. The van der Waals surface area contributed by atoms with Gasteiger partial charge in [-0.2, -0.15) is 13.2 Å². The Balaban J connectivity index is 1.86. The number of hydrogen-bond donors (Lipinski definition) is 0. The Morgan fingerprint density at radius 2 is 2.03 bits per heavy atom. The molecule has 0 amide bonds. The van der Waals surface area contributed by atoms with E-state index >= 15 is 0 Å². The molecule has 160 valence electrons. The van der Waals surface area contributed by atoms with Crippen molar-refractivity contribution in [2.45, 2.75) is 38.8 Å². The highest BCUT2D eigenvalue weighted by Crippen LogP contribution is 2.44. The quantitative estimate of drug-likeness (QED) is 0.157. The van der Waals surface area contributed by atoms with Crippen molar-refractivity contribution < 1.29 is 31.9 Å². The van der Waals surface area contributed by atoms with Crippen molar-refractivity contribution in [3.63, 3.8) is 0 Å². The second-order valence-electron chi connectivity index (χ2n) is 6.65. The van der Waals surface area contributed by atoms with Crippen LogP contribution in [-0.2, 0) is 22.1 Å². The van der Waals surface area contributed by atoms with Crippen LogP contribution in [-0.4, -0.2) is 12.8 Å². The third-order valence-electron chi connectivity index (χ3n) is 4.42. The molecule has 0 radical (unpaired) electrons. The first kappa shape index (κ1) is 22.0. The molecule has 2 heterocycles. The minimum Gasteiger partial charge on any atom is -0.457 e. The van der Waals surface area contributed by atoms with Crippen LogP contribution in [0.15, 0.2) is 47.4 Å². The van der Waals surface area contributed by atoms with Crippen LogP contribution >= 0.6 is 11.3 Å². The lowest BCUT2D eigenvalue weighted by molar-refractivity contribution is -0.144. The number of rotatable bonds is 9. The highest BCUT2D eigenvalue weighted by molar-refractivity contribution is 7.15. The molecule has 0 bridgehead atoms. The number of hydrogen-bond acceptors (Lipinski definition) is 5. The van der Waals surface area contributed by atoms with Crippen LogP contribution < -0.4 is 4.74 Å². The van der Waals surface area contributed by atoms with Crippen LogP contribution in [0.2, 0.25) is 0 Å². The van der Waals surface area contributed by atoms with Gasteiger partial charge in [0.1, 0.15) is 17.1 Å². The zero-order valence-corrected chi connectivity index (χ0v) is 17.2. The number of carbonyl (C=O) groups excluding carboxylic acids is 1. The maximum Gasteiger partial charge on any atom is 0.417 e. The van der Waals surface area contributed by atoms with E-state index in [1.807, 2.05) is 0 Å². The van der Waals surface area contributed by atoms with Crippen molar-refractivity contribution in [2.24, 2.45) is 0 Å². The standard InChI is InChI=1S/C22H21F3O4S/c1-3-5-6-7-16-12-17(22(23,24)25)21(30-16)19-10-14-8-9-15(11-18(14)29-19)27-13-28-20(26)4-2/h4,8-12H,2-3,5-7,13H2,1H3. The maximum atomic E-state index is 13.6. The van der Waals surface area contributed by atoms with Gasteiger partial charge in [0.05, 0.1) is 10.4 Å². The van der Waals surface area contributed by atoms with Crippen LogP contribution in [0.3, 0.4) is 0 Å². The van der Waals surface area contributed by atoms with E-state index in [0.29, 0.717) is 28.0 Å². The fourth-order valence-electron chi connectivity index (χ4n) is 2.94. The van der Waals surface area contributed by atoms with Crippen molar-refractivity contribution in [1.29, 1.82) is 0 Å². The lowest BCUT2D eigenvalue weighted by Crippen LogP contribution is -2.07. The lowest BCUT2D eigenvalue weighted by atomic mass is 10.1. The van der Waals surface area contributed by atoms with Crippen LogP contribution in [0.4, 0.5) is 13.2 Å². The lowest BCUT2D eigenvalue weighted by Gasteiger charge is -2.05. The van der Waals surface area contributed by atoms with Gasteiger partial charge in [0.15, 0.2) is 0 Å². The molecule has 1 aromatic carbocycles. The second-order valence-corrected chi connectivity index (χ2v) is 7.79. The minimum atomic E-state index is -4.46. The molecule has 0 aliphatic carbocycles. The Labute approximate surface area is 175 Å². The summed E-state index contributed by atoms with van der Waals surface area (Å²) in [5.74, 6) is -0.0921. The van der Waals surface area contributed by atoms with Gasteiger partial charge in [-0.15, -0.1) is 11.3 Å². The largest absolute Gasteiger partial charge is 0.457 e. The number of esters is 1. The molecular weight excluding hydrogens is 417 g/mol. The summed E-state index contributed by atoms with van der Waals surface area (Å²) < 4.78 is 56.5. The Bertz CT molecular complexity index is 1030. The van der Waals surface area contributed by atoms with Crippen LogP contribution in [0.5, 0.6) is 5.75 Å². The summed E-state index contributed by atoms with van der Waals surface area (Å²) in [5, 5.41) is 0.648. The monoisotopic (exact) mass is 438 g/mol. The number of aryl methyl sites for hydroxylation is 1. The molecule has 3 rings (SSSR count). The molecule has 3 aromatic rings. The number of furan rings is 1. The van der Waals surface area contributed by atoms with Gasteiger partial charge in [0.25, 0.3) is 0 Å². The average molecular weight is 438 g/mol. The third-order valence-corrected chi connectivity index (χ3v) is 5.63. The first-order valence-electron chi connectivity index (χ1n) is 9.47. The first-order valence-corrected chi connectivity index (χ1v) is 10.3. The van der Waals surface area contributed by atoms with E-state index in [1.54, 1.807) is 24.3 Å². The number of benzene rings is 1. The summed E-state index contributed by atoms with van der Waals surface area (Å²) in [6.45, 7) is 5.02. The highest BCUT2D eigenvalue weighted by Gasteiger charge is 2.36. The number of ether oxygens (including phenoxy) is 2. The van der Waals surface area contributed by atoms with Crippen molar-refractivity contribution >= 4 is 28.3 Å². The summed E-state index contributed by atoms with van der Waals surface area (Å²) in [7, 11) is 0. The van der Waals surface area contributed by atoms with Crippen LogP contribution in [0.25, 0.3) is 21.6 Å². The minimum absolute atomic E-state index is 0.0765. The topological polar surface area (TPSA) is 48.7 Å². The number of thiophene rings is 1. The molecule has 0 saturated carbocycles. The molecule has 0 fully saturated rings. The molecule has 4 nitrogen and oxygen atoms in total. The van der Waals surface area contributed by atoms with Gasteiger partial charge in [0, 0.05) is 22.4 Å². The molecule has 0 aliphatic heterocycles. The predicted octanol–water partition coefficient (Wildman–Crippen LogP) is 6.98. The number of fused-ring (bicyclic) bond motifs is 1. The van der Waals surface area contributed by atoms with E-state index in [9.17, 15) is 18.0 Å². The van der Waals surface area contributed by atoms with Gasteiger partial charge in [-0.25, -0.2) is 4.79 Å². The zero-order valence-electron chi connectivity index (χ0n) is 16.4. The molecule has 0 unspecified atom stereocenters. The van der Waals surface area contributed by atoms with E-state index in [2.05, 4.69) is 13.5 Å². The summed E-state index contributed by atoms with van der Waals surface area (Å²) in [4.78, 5) is 11.8. The third kappa shape index (κ3) is 5.24. The molecule has 0 aliphatic rings. The van der Waals surface area contributed by atoms with Gasteiger partial charge in [-0.05, 0) is 37.1 Å². The number of carbonyl (C=O) groups is 1. The maximum absolute atomic E-state index is 13.6. The highest BCUT2D eigenvalue weighted by atomic mass is 32.1. The smallest absolute Gasteiger partial charge is 0.417 e. The van der Waals surface area contributed by atoms with Gasteiger partial charge in [0.2, 0.25) is 6.79 Å². The number of alkyl halides is 3. The number of halogens is 3. The van der Waals surface area contributed by atoms with E-state index in [4.69, 9.17) is 13.9 Å². The van der Waals surface area contributed by atoms with Gasteiger partial charge in [-0.3, -0.25) is 0 Å². The Morgan fingerprint density at radius 3 is 2.73 bits per heavy atom. The van der Waals surface area contributed by atoms with Gasteiger partial charge in [-0.1, -0.05) is 26.3 Å². The Kier molecular flexibility index (Phi) is 6.87. The molecule has 0 atom stereocenters. The molecule has 0 spiro atoms. The Hall–Kier alpha value is -2.74. The van der Waals surface area contributed by atoms with Crippen molar-refractivity contribution in [1.82, 2.24) is 0 Å². The van der Waals surface area contributed by atoms with E-state index in [1.165, 1.54) is 6.07 Å². The van der Waals surface area contributed by atoms with Crippen molar-refractivity contribution in [3.05, 3.63) is 53.4 Å². The summed E-state index contributed by atoms with van der Waals surface area (Å²) in [5.41, 5.74) is -0.294. The Morgan fingerprint density at radius 1 is 1.23 bits per heavy atom. The van der Waals surface area contributed by atoms with Gasteiger partial charge < -0.3 is 13.9 Å². The predicted molar refractivity (Wildman–Crippen MR) is 110 cm³/mol. The summed E-state index contributed by atoms with van der Waals surface area (Å²) in [6, 6.07) is 7.66. The van der Waals surface area contributed by atoms with Crippen molar-refractivity contribution in [2.75, 3.05) is 6.79 Å². The molecular formula is C22H21F3O4S. The van der Waals surface area contributed by atoms with Crippen LogP contribution in [0.1, 0.15) is 36.6 Å². The molecule has 0 N–H and O–H groups in total. The molecule has 2 aromatic heterocycles. The van der Waals surface area contributed by atoms with Crippen LogP contribution in [0, 0.1) is 0 Å². The average Bonchev–Trinajstić information content (AvgIpc) is 3.31. The SMILES string of the molecule is C=CC(=O)OCOc1ccc2cc(-c3sc(CCCCC)cc3C(F)(F)F)oc2c1. The summed E-state index contributed by atoms with van der Waals surface area (Å²) in [6.07, 6.45) is 0.00171. The normalized spacial score (nSPS) is 11.6. The zero-order chi connectivity index (χ0) is 21.7. The summed E-state index contributed by atoms with van der Waals surface area (Å²) >= 11 is 1.12. The molecule has 0 saturated heterocycles. The first-order chi connectivity index (χ1) is 14.3. The van der Waals surface area contributed by atoms with E-state index in [0.717, 1.165) is 36.7 Å². The second kappa shape index (κ2) is 9.38. The van der Waals surface area contributed by atoms with Gasteiger partial charge >= 0.3 is 12.1 Å². The fourth-order valence-corrected chi connectivity index (χ4v) is 4.11. The fraction of sp³-hybridized carbons (Fsp3) is 0.318. The van der Waals surface area contributed by atoms with Crippen molar-refractivity contribution in [3.8, 4) is 16.4 Å². The van der Waals surface area contributed by atoms with E-state index in [-0.39, 0.29) is 17.4 Å². The van der Waals surface area contributed by atoms with E-state index < -0.39 is 17.7 Å². The molecule has 30 heavy (non-hydrogen) atoms. The number of unbranched alkanes of at least 4 members (excludes halogenated alkanes) is 2.